The topological polar surface area (TPSA) is 121 Å². The predicted octanol–water partition coefficient (Wildman–Crippen LogP) is 3.79. The normalized spacial score (nSPS) is 10.4. The maximum Gasteiger partial charge on any atom is 0.292 e. The first-order chi connectivity index (χ1) is 15.5. The molecule has 0 spiro atoms. The second-order valence-electron chi connectivity index (χ2n) is 6.39. The van der Waals surface area contributed by atoms with E-state index in [-0.39, 0.29) is 17.1 Å². The van der Waals surface area contributed by atoms with Crippen molar-refractivity contribution in [2.24, 2.45) is 0 Å². The summed E-state index contributed by atoms with van der Waals surface area (Å²) in [6.45, 7) is 4.20. The maximum absolute atomic E-state index is 12.4. The Morgan fingerprint density at radius 2 is 1.97 bits per heavy atom. The summed E-state index contributed by atoms with van der Waals surface area (Å²) in [6.07, 6.45) is 1.70. The molecule has 0 bridgehead atoms. The van der Waals surface area contributed by atoms with Gasteiger partial charge < -0.3 is 14.8 Å². The fourth-order valence-electron chi connectivity index (χ4n) is 2.93. The second kappa shape index (κ2) is 10.4. The number of hydrogen-bond acceptors (Lipinski definition) is 8. The third-order valence-electron chi connectivity index (χ3n) is 4.38. The highest BCUT2D eigenvalue weighted by molar-refractivity contribution is 7.99. The lowest BCUT2D eigenvalue weighted by atomic mass is 10.2. The minimum atomic E-state index is -0.543. The van der Waals surface area contributed by atoms with Crippen molar-refractivity contribution in [3.63, 3.8) is 0 Å². The summed E-state index contributed by atoms with van der Waals surface area (Å²) in [5.41, 5.74) is 0.728. The molecule has 3 rings (SSSR count). The molecule has 0 saturated carbocycles. The van der Waals surface area contributed by atoms with Crippen molar-refractivity contribution in [3.8, 4) is 22.9 Å². The van der Waals surface area contributed by atoms with Crippen LogP contribution in [0.15, 0.2) is 60.3 Å². The van der Waals surface area contributed by atoms with E-state index in [2.05, 4.69) is 22.1 Å². The standard InChI is InChI=1S/C21H21N5O5S/c1-4-11-25-20(14-9-10-17(30-2)18(12-14)31-3)23-24-21(25)32-13-19(27)22-15-7-5-6-8-16(15)26(28)29/h4-10,12H,1,11,13H2,2-3H3,(H,22,27). The summed E-state index contributed by atoms with van der Waals surface area (Å²) in [4.78, 5) is 23.0. The highest BCUT2D eigenvalue weighted by Crippen LogP contribution is 2.33. The number of amides is 1. The van der Waals surface area contributed by atoms with E-state index in [4.69, 9.17) is 9.47 Å². The van der Waals surface area contributed by atoms with E-state index in [0.717, 1.165) is 5.56 Å². The Morgan fingerprint density at radius 1 is 1.22 bits per heavy atom. The number of methoxy groups -OCH3 is 2. The number of anilines is 1. The largest absolute Gasteiger partial charge is 0.493 e. The Hall–Kier alpha value is -3.86. The highest BCUT2D eigenvalue weighted by atomic mass is 32.2. The quantitative estimate of drug-likeness (QED) is 0.212. The molecule has 0 atom stereocenters. The van der Waals surface area contributed by atoms with Gasteiger partial charge in [-0.05, 0) is 24.3 Å². The lowest BCUT2D eigenvalue weighted by molar-refractivity contribution is -0.383. The lowest BCUT2D eigenvalue weighted by Crippen LogP contribution is -2.15. The summed E-state index contributed by atoms with van der Waals surface area (Å²) in [5, 5.41) is 22.7. The smallest absolute Gasteiger partial charge is 0.292 e. The van der Waals surface area contributed by atoms with Gasteiger partial charge in [0.05, 0.1) is 24.9 Å². The fourth-order valence-corrected chi connectivity index (χ4v) is 3.68. The number of ether oxygens (including phenoxy) is 2. The maximum atomic E-state index is 12.4. The number of carbonyl (C=O) groups is 1. The zero-order chi connectivity index (χ0) is 23.1. The monoisotopic (exact) mass is 455 g/mol. The van der Waals surface area contributed by atoms with Crippen LogP contribution in [0.1, 0.15) is 0 Å². The lowest BCUT2D eigenvalue weighted by Gasteiger charge is -2.11. The van der Waals surface area contributed by atoms with Gasteiger partial charge >= 0.3 is 0 Å². The van der Waals surface area contributed by atoms with Gasteiger partial charge in [-0.2, -0.15) is 0 Å². The zero-order valence-electron chi connectivity index (χ0n) is 17.5. The van der Waals surface area contributed by atoms with Crippen LogP contribution in [-0.2, 0) is 11.3 Å². The van der Waals surface area contributed by atoms with Crippen molar-refractivity contribution in [2.75, 3.05) is 25.3 Å². The van der Waals surface area contributed by atoms with Gasteiger partial charge in [-0.1, -0.05) is 30.0 Å². The Balaban J connectivity index is 1.78. The molecule has 166 valence electrons. The van der Waals surface area contributed by atoms with E-state index < -0.39 is 10.8 Å². The van der Waals surface area contributed by atoms with Crippen molar-refractivity contribution in [3.05, 3.63) is 65.2 Å². The average molecular weight is 455 g/mol. The molecule has 0 fully saturated rings. The van der Waals surface area contributed by atoms with Gasteiger partial charge in [0.1, 0.15) is 5.69 Å². The van der Waals surface area contributed by atoms with Crippen LogP contribution in [0.2, 0.25) is 0 Å². The third kappa shape index (κ3) is 5.06. The number of nitro benzene ring substituents is 1. The van der Waals surface area contributed by atoms with Gasteiger partial charge in [-0.25, -0.2) is 0 Å². The van der Waals surface area contributed by atoms with Crippen LogP contribution in [0.25, 0.3) is 11.4 Å². The van der Waals surface area contributed by atoms with Crippen LogP contribution >= 0.6 is 11.8 Å². The Labute approximate surface area is 188 Å². The number of nitro groups is 1. The van der Waals surface area contributed by atoms with Crippen molar-refractivity contribution < 1.29 is 19.2 Å². The van der Waals surface area contributed by atoms with Gasteiger partial charge in [-0.3, -0.25) is 19.5 Å². The number of benzene rings is 2. The number of para-hydroxylation sites is 2. The van der Waals surface area contributed by atoms with E-state index in [1.54, 1.807) is 38.5 Å². The Kier molecular flexibility index (Phi) is 7.45. The summed E-state index contributed by atoms with van der Waals surface area (Å²) in [7, 11) is 3.11. The van der Waals surface area contributed by atoms with Crippen molar-refractivity contribution in [1.29, 1.82) is 0 Å². The molecule has 1 heterocycles. The number of allylic oxidation sites excluding steroid dienone is 1. The molecule has 0 radical (unpaired) electrons. The van der Waals surface area contributed by atoms with Crippen LogP contribution in [0.3, 0.4) is 0 Å². The molecule has 0 saturated heterocycles. The van der Waals surface area contributed by atoms with Crippen molar-refractivity contribution in [1.82, 2.24) is 14.8 Å². The van der Waals surface area contributed by atoms with Crippen LogP contribution in [0.5, 0.6) is 11.5 Å². The molecule has 0 aliphatic heterocycles. The second-order valence-corrected chi connectivity index (χ2v) is 7.33. The molecular formula is C21H21N5O5S. The predicted molar refractivity (Wildman–Crippen MR) is 121 cm³/mol. The molecule has 32 heavy (non-hydrogen) atoms. The Morgan fingerprint density at radius 3 is 2.66 bits per heavy atom. The first-order valence-electron chi connectivity index (χ1n) is 9.41. The Bertz CT molecular complexity index is 1150. The van der Waals surface area contributed by atoms with E-state index in [1.165, 1.54) is 30.0 Å². The number of thioether (sulfide) groups is 1. The highest BCUT2D eigenvalue weighted by Gasteiger charge is 2.18. The SMILES string of the molecule is C=CCn1c(SCC(=O)Nc2ccccc2[N+](=O)[O-])nnc1-c1ccc(OC)c(OC)c1. The fraction of sp³-hybridized carbons (Fsp3) is 0.190. The van der Waals surface area contributed by atoms with Gasteiger partial charge in [-0.15, -0.1) is 16.8 Å². The molecule has 10 nitrogen and oxygen atoms in total. The molecule has 1 N–H and O–H groups in total. The molecule has 2 aromatic carbocycles. The van der Waals surface area contributed by atoms with E-state index in [9.17, 15) is 14.9 Å². The number of aromatic nitrogens is 3. The van der Waals surface area contributed by atoms with E-state index in [1.807, 2.05) is 10.6 Å². The summed E-state index contributed by atoms with van der Waals surface area (Å²) >= 11 is 1.17. The van der Waals surface area contributed by atoms with Gasteiger partial charge in [0, 0.05) is 18.2 Å². The first kappa shape index (κ1) is 22.8. The van der Waals surface area contributed by atoms with Crippen LogP contribution in [0.4, 0.5) is 11.4 Å². The molecule has 1 amide bonds. The van der Waals surface area contributed by atoms with Crippen LogP contribution in [-0.4, -0.2) is 45.6 Å². The van der Waals surface area contributed by atoms with Crippen LogP contribution < -0.4 is 14.8 Å². The molecular weight excluding hydrogens is 434 g/mol. The number of hydrogen-bond donors (Lipinski definition) is 1. The third-order valence-corrected chi connectivity index (χ3v) is 5.34. The number of nitrogens with zero attached hydrogens (tertiary/aromatic N) is 4. The van der Waals surface area contributed by atoms with E-state index >= 15 is 0 Å². The van der Waals surface area contributed by atoms with Crippen molar-refractivity contribution in [2.45, 2.75) is 11.7 Å². The minimum Gasteiger partial charge on any atom is -0.493 e. The molecule has 3 aromatic rings. The summed E-state index contributed by atoms with van der Waals surface area (Å²) < 4.78 is 12.4. The zero-order valence-corrected chi connectivity index (χ0v) is 18.3. The molecule has 0 aliphatic carbocycles. The van der Waals surface area contributed by atoms with E-state index in [0.29, 0.717) is 29.0 Å². The summed E-state index contributed by atoms with van der Waals surface area (Å²) in [6, 6.07) is 11.4. The molecule has 11 heteroatoms. The van der Waals surface area contributed by atoms with Gasteiger partial charge in [0.15, 0.2) is 22.5 Å². The molecule has 0 aliphatic rings. The van der Waals surface area contributed by atoms with Gasteiger partial charge in [0.2, 0.25) is 5.91 Å². The summed E-state index contributed by atoms with van der Waals surface area (Å²) in [5.74, 6) is 1.31. The molecule has 0 unspecified atom stereocenters. The average Bonchev–Trinajstić information content (AvgIpc) is 3.20. The first-order valence-corrected chi connectivity index (χ1v) is 10.4. The minimum absolute atomic E-state index is 0.00669. The number of carbonyl (C=O) groups excluding carboxylic acids is 1. The number of nitrogens with one attached hydrogen (secondary N) is 1. The van der Waals surface area contributed by atoms with Crippen molar-refractivity contribution >= 4 is 29.0 Å². The number of rotatable bonds is 10. The van der Waals surface area contributed by atoms with Crippen LogP contribution in [0, 0.1) is 10.1 Å². The molecule has 1 aromatic heterocycles. The van der Waals surface area contributed by atoms with Gasteiger partial charge in [0.25, 0.3) is 5.69 Å².